The molecule has 0 amide bonds. The monoisotopic (exact) mass is 286 g/mol. The summed E-state index contributed by atoms with van der Waals surface area (Å²) >= 11 is 7.11. The number of rotatable bonds is 6. The van der Waals surface area contributed by atoms with Crippen LogP contribution in [0.5, 0.6) is 0 Å². The van der Waals surface area contributed by atoms with Gasteiger partial charge in [-0.3, -0.25) is 0 Å². The van der Waals surface area contributed by atoms with Gasteiger partial charge in [0.15, 0.2) is 0 Å². The SMILES string of the molecule is CCCC[C@@H](Br)[C@H](Br)CCO. The minimum atomic E-state index is 0.268. The average molecular weight is 288 g/mol. The molecule has 0 unspecified atom stereocenters. The molecule has 0 aliphatic heterocycles. The van der Waals surface area contributed by atoms with Gasteiger partial charge in [-0.25, -0.2) is 0 Å². The van der Waals surface area contributed by atoms with E-state index in [0.29, 0.717) is 9.65 Å². The van der Waals surface area contributed by atoms with Crippen LogP contribution in [0.25, 0.3) is 0 Å². The zero-order chi connectivity index (χ0) is 8.69. The van der Waals surface area contributed by atoms with Gasteiger partial charge in [-0.1, -0.05) is 51.6 Å². The summed E-state index contributed by atoms with van der Waals surface area (Å²) in [6.45, 7) is 2.46. The lowest BCUT2D eigenvalue weighted by atomic mass is 10.1. The zero-order valence-corrected chi connectivity index (χ0v) is 10.1. The van der Waals surface area contributed by atoms with Gasteiger partial charge in [0.25, 0.3) is 0 Å². The Hall–Kier alpha value is 0.920. The maximum atomic E-state index is 8.66. The summed E-state index contributed by atoms with van der Waals surface area (Å²) in [5, 5.41) is 8.66. The van der Waals surface area contributed by atoms with E-state index in [2.05, 4.69) is 38.8 Å². The highest BCUT2D eigenvalue weighted by Gasteiger charge is 2.13. The van der Waals surface area contributed by atoms with Crippen molar-refractivity contribution in [1.29, 1.82) is 0 Å². The third-order valence-electron chi connectivity index (χ3n) is 1.63. The van der Waals surface area contributed by atoms with Crippen molar-refractivity contribution in [3.63, 3.8) is 0 Å². The molecule has 0 spiro atoms. The van der Waals surface area contributed by atoms with Crippen LogP contribution in [0.15, 0.2) is 0 Å². The first kappa shape index (κ1) is 11.9. The molecule has 0 aromatic carbocycles. The molecular weight excluding hydrogens is 272 g/mol. The number of aliphatic hydroxyl groups excluding tert-OH is 1. The fourth-order valence-electron chi connectivity index (χ4n) is 0.884. The molecule has 0 saturated carbocycles. The first-order valence-electron chi connectivity index (χ1n) is 4.11. The standard InChI is InChI=1S/C8H16Br2O/c1-2-3-4-7(9)8(10)5-6-11/h7-8,11H,2-6H2,1H3/t7-,8-/m1/s1. The van der Waals surface area contributed by atoms with E-state index >= 15 is 0 Å². The number of halogens is 2. The lowest BCUT2D eigenvalue weighted by Gasteiger charge is -2.14. The van der Waals surface area contributed by atoms with E-state index in [1.807, 2.05) is 0 Å². The Morgan fingerprint density at radius 3 is 2.18 bits per heavy atom. The van der Waals surface area contributed by atoms with Crippen LogP contribution in [0.3, 0.4) is 0 Å². The van der Waals surface area contributed by atoms with E-state index in [-0.39, 0.29) is 6.61 Å². The summed E-state index contributed by atoms with van der Waals surface area (Å²) < 4.78 is 0. The summed E-state index contributed by atoms with van der Waals surface area (Å²) in [7, 11) is 0. The molecule has 68 valence electrons. The maximum Gasteiger partial charge on any atom is 0.0442 e. The molecule has 0 rings (SSSR count). The molecule has 0 bridgehead atoms. The first-order chi connectivity index (χ1) is 5.22. The van der Waals surface area contributed by atoms with Crippen LogP contribution in [0.1, 0.15) is 32.6 Å². The molecule has 0 saturated heterocycles. The second-order valence-corrected chi connectivity index (χ2v) is 5.04. The molecule has 3 heteroatoms. The van der Waals surface area contributed by atoms with Gasteiger partial charge in [0.2, 0.25) is 0 Å². The van der Waals surface area contributed by atoms with Crippen LogP contribution >= 0.6 is 31.9 Å². The molecule has 0 aromatic rings. The Balaban J connectivity index is 3.38. The molecule has 11 heavy (non-hydrogen) atoms. The summed E-state index contributed by atoms with van der Waals surface area (Å²) in [4.78, 5) is 0.925. The molecule has 2 atom stereocenters. The lowest BCUT2D eigenvalue weighted by molar-refractivity contribution is 0.286. The third-order valence-corrected chi connectivity index (χ3v) is 4.53. The second kappa shape index (κ2) is 7.56. The first-order valence-corrected chi connectivity index (χ1v) is 5.94. The van der Waals surface area contributed by atoms with E-state index in [4.69, 9.17) is 5.11 Å². The Bertz CT molecular complexity index is 88.2. The largest absolute Gasteiger partial charge is 0.396 e. The van der Waals surface area contributed by atoms with Crippen LogP contribution in [0.2, 0.25) is 0 Å². The zero-order valence-electron chi connectivity index (χ0n) is 6.89. The lowest BCUT2D eigenvalue weighted by Crippen LogP contribution is -2.15. The van der Waals surface area contributed by atoms with Crippen molar-refractivity contribution >= 4 is 31.9 Å². The third kappa shape index (κ3) is 6.12. The normalized spacial score (nSPS) is 16.4. The van der Waals surface area contributed by atoms with Crippen LogP contribution in [-0.2, 0) is 0 Å². The Labute approximate surface area is 85.8 Å². The highest BCUT2D eigenvalue weighted by Crippen LogP contribution is 2.22. The van der Waals surface area contributed by atoms with Gasteiger partial charge in [-0.15, -0.1) is 0 Å². The van der Waals surface area contributed by atoms with E-state index in [1.165, 1.54) is 19.3 Å². The quantitative estimate of drug-likeness (QED) is 0.745. The smallest absolute Gasteiger partial charge is 0.0442 e. The van der Waals surface area contributed by atoms with Gasteiger partial charge >= 0.3 is 0 Å². The number of hydrogen-bond acceptors (Lipinski definition) is 1. The van der Waals surface area contributed by atoms with Crippen LogP contribution in [0.4, 0.5) is 0 Å². The minimum Gasteiger partial charge on any atom is -0.396 e. The fourth-order valence-corrected chi connectivity index (χ4v) is 1.94. The summed E-state index contributed by atoms with van der Waals surface area (Å²) in [5.41, 5.74) is 0. The van der Waals surface area contributed by atoms with Gasteiger partial charge in [0.1, 0.15) is 0 Å². The van der Waals surface area contributed by atoms with Gasteiger partial charge in [0, 0.05) is 16.3 Å². The van der Waals surface area contributed by atoms with Crippen molar-refractivity contribution in [2.45, 2.75) is 42.3 Å². The second-order valence-electron chi connectivity index (χ2n) is 2.69. The number of alkyl halides is 2. The maximum absolute atomic E-state index is 8.66. The topological polar surface area (TPSA) is 20.2 Å². The van der Waals surface area contributed by atoms with E-state index in [1.54, 1.807) is 0 Å². The van der Waals surface area contributed by atoms with Gasteiger partial charge in [0.05, 0.1) is 0 Å². The van der Waals surface area contributed by atoms with Crippen molar-refractivity contribution in [2.75, 3.05) is 6.61 Å². The molecule has 1 nitrogen and oxygen atoms in total. The van der Waals surface area contributed by atoms with Crippen molar-refractivity contribution < 1.29 is 5.11 Å². The summed E-state index contributed by atoms with van der Waals surface area (Å²) in [6.07, 6.45) is 4.51. The summed E-state index contributed by atoms with van der Waals surface area (Å²) in [6, 6.07) is 0. The number of aliphatic hydroxyl groups is 1. The van der Waals surface area contributed by atoms with Gasteiger partial charge in [-0.05, 0) is 12.8 Å². The van der Waals surface area contributed by atoms with E-state index in [0.717, 1.165) is 6.42 Å². The molecule has 0 aromatic heterocycles. The number of unbranched alkanes of at least 4 members (excludes halogenated alkanes) is 1. The molecule has 0 heterocycles. The highest BCUT2D eigenvalue weighted by atomic mass is 79.9. The fraction of sp³-hybridized carbons (Fsp3) is 1.00. The molecular formula is C8H16Br2O. The molecule has 0 aliphatic carbocycles. The van der Waals surface area contributed by atoms with Crippen LogP contribution in [-0.4, -0.2) is 21.4 Å². The highest BCUT2D eigenvalue weighted by molar-refractivity contribution is 9.12. The molecule has 0 aliphatic rings. The average Bonchev–Trinajstić information content (AvgIpc) is 2.00. The molecule has 0 radical (unpaired) electrons. The Kier molecular flexibility index (Phi) is 8.20. The Morgan fingerprint density at radius 1 is 1.18 bits per heavy atom. The van der Waals surface area contributed by atoms with Crippen LogP contribution in [0, 0.1) is 0 Å². The Morgan fingerprint density at radius 2 is 1.73 bits per heavy atom. The van der Waals surface area contributed by atoms with Gasteiger partial charge < -0.3 is 5.11 Å². The van der Waals surface area contributed by atoms with E-state index < -0.39 is 0 Å². The minimum absolute atomic E-state index is 0.268. The number of hydrogen-bond donors (Lipinski definition) is 1. The van der Waals surface area contributed by atoms with Crippen molar-refractivity contribution in [1.82, 2.24) is 0 Å². The van der Waals surface area contributed by atoms with Crippen molar-refractivity contribution in [3.8, 4) is 0 Å². The van der Waals surface area contributed by atoms with E-state index in [9.17, 15) is 0 Å². The molecule has 0 fully saturated rings. The summed E-state index contributed by atoms with van der Waals surface area (Å²) in [5.74, 6) is 0. The predicted octanol–water partition coefficient (Wildman–Crippen LogP) is 3.09. The van der Waals surface area contributed by atoms with Crippen molar-refractivity contribution in [3.05, 3.63) is 0 Å². The molecule has 1 N–H and O–H groups in total. The predicted molar refractivity (Wildman–Crippen MR) is 56.7 cm³/mol. The van der Waals surface area contributed by atoms with Crippen molar-refractivity contribution in [2.24, 2.45) is 0 Å². The van der Waals surface area contributed by atoms with Crippen LogP contribution < -0.4 is 0 Å². The van der Waals surface area contributed by atoms with Gasteiger partial charge in [-0.2, -0.15) is 0 Å².